The minimum Gasteiger partial charge on any atom is -0.481 e. The van der Waals surface area contributed by atoms with Crippen LogP contribution in [0.4, 0.5) is 19.1 Å². The van der Waals surface area contributed by atoms with E-state index in [1.54, 1.807) is 36.8 Å². The van der Waals surface area contributed by atoms with Gasteiger partial charge in [-0.3, -0.25) is 4.79 Å². The second-order valence-electron chi connectivity index (χ2n) is 10.9. The van der Waals surface area contributed by atoms with Crippen molar-refractivity contribution in [3.63, 3.8) is 0 Å². The summed E-state index contributed by atoms with van der Waals surface area (Å²) in [6.07, 6.45) is 7.92. The number of carbonyl (C=O) groups is 1. The molecule has 1 aliphatic heterocycles. The minimum atomic E-state index is -2.94. The van der Waals surface area contributed by atoms with Crippen LogP contribution in [0.2, 0.25) is 0 Å². The van der Waals surface area contributed by atoms with Crippen LogP contribution in [0, 0.1) is 23.6 Å². The van der Waals surface area contributed by atoms with Crippen molar-refractivity contribution in [3.05, 3.63) is 71.7 Å². The Kier molecular flexibility index (Phi) is 5.90. The predicted octanol–water partition coefficient (Wildman–Crippen LogP) is 5.16. The average molecular weight is 550 g/mol. The topological polar surface area (TPSA) is 92.9 Å². The Labute approximate surface area is 227 Å². The zero-order chi connectivity index (χ0) is 27.5. The maximum absolute atomic E-state index is 15.3. The number of benzene rings is 1. The summed E-state index contributed by atoms with van der Waals surface area (Å²) in [5.74, 6) is -0.966. The summed E-state index contributed by atoms with van der Waals surface area (Å²) >= 11 is 0. The van der Waals surface area contributed by atoms with Gasteiger partial charge in [0, 0.05) is 60.4 Å². The quantitative estimate of drug-likeness (QED) is 0.355. The van der Waals surface area contributed by atoms with Gasteiger partial charge < -0.3 is 19.1 Å². The number of halogens is 3. The summed E-state index contributed by atoms with van der Waals surface area (Å²) in [7, 11) is 0. The number of para-hydroxylation sites is 1. The highest BCUT2D eigenvalue weighted by molar-refractivity contribution is 5.72. The molecule has 0 radical (unpaired) electrons. The minimum absolute atomic E-state index is 0.0758. The molecule has 4 atom stereocenters. The van der Waals surface area contributed by atoms with E-state index in [0.717, 1.165) is 24.2 Å². The van der Waals surface area contributed by atoms with E-state index in [-0.39, 0.29) is 29.4 Å². The summed E-state index contributed by atoms with van der Waals surface area (Å²) in [5.41, 5.74) is 3.51. The number of rotatable bonds is 6. The first-order valence-corrected chi connectivity index (χ1v) is 13.4. The number of carboxylic acid groups (broad SMARTS) is 1. The van der Waals surface area contributed by atoms with Crippen LogP contribution in [-0.4, -0.2) is 50.1 Å². The summed E-state index contributed by atoms with van der Waals surface area (Å²) in [6.45, 7) is -1.76. The van der Waals surface area contributed by atoms with E-state index in [0.29, 0.717) is 54.2 Å². The lowest BCUT2D eigenvalue weighted by Gasteiger charge is -2.35. The molecular weight excluding hydrogens is 523 g/mol. The Bertz CT molecular complexity index is 1590. The molecule has 2 bridgehead atoms. The molecule has 1 saturated heterocycles. The molecule has 4 aromatic rings. The number of aliphatic carboxylic acids is 1. The lowest BCUT2D eigenvalue weighted by atomic mass is 9.85. The Hall–Kier alpha value is -4.15. The number of fused-ring (bicyclic) bond motifs is 5. The number of imidazole rings is 1. The average Bonchev–Trinajstić information content (AvgIpc) is 3.58. The molecule has 7 rings (SSSR count). The fourth-order valence-corrected chi connectivity index (χ4v) is 7.00. The number of hydrogen-bond acceptors (Lipinski definition) is 6. The highest BCUT2D eigenvalue weighted by atomic mass is 19.3. The monoisotopic (exact) mass is 549 g/mol. The van der Waals surface area contributed by atoms with Crippen LogP contribution in [-0.2, 0) is 11.2 Å². The molecule has 40 heavy (non-hydrogen) atoms. The standard InChI is InChI=1S/C29H26F3N5O3/c30-21-9-24-35-22-8-7-19(18-3-1-2-4-23(18)40-28(31)32)26(22)37(24)14-20(21)17-10-33-29(34-11-17)36-12-15-5-6-16(13-36)25(15)27(38)39/h1-4,9-11,14-16,19,25,28H,5-8,12-13H2,(H,38,39)/t15-,16+,19-,25?/m1/s1. The third-order valence-corrected chi connectivity index (χ3v) is 8.68. The molecule has 8 nitrogen and oxygen atoms in total. The van der Waals surface area contributed by atoms with Crippen LogP contribution >= 0.6 is 0 Å². The van der Waals surface area contributed by atoms with E-state index in [1.807, 2.05) is 9.30 Å². The van der Waals surface area contributed by atoms with E-state index in [2.05, 4.69) is 15.0 Å². The molecule has 4 heterocycles. The number of piperidine rings is 1. The van der Waals surface area contributed by atoms with E-state index in [1.165, 1.54) is 12.1 Å². The normalized spacial score (nSPS) is 23.6. The summed E-state index contributed by atoms with van der Waals surface area (Å²) in [6, 6.07) is 8.12. The van der Waals surface area contributed by atoms with Crippen molar-refractivity contribution >= 4 is 17.6 Å². The van der Waals surface area contributed by atoms with Crippen molar-refractivity contribution in [2.45, 2.75) is 38.2 Å². The molecular formula is C29H26F3N5O3. The van der Waals surface area contributed by atoms with Gasteiger partial charge in [0.2, 0.25) is 5.95 Å². The fraction of sp³-hybridized carbons (Fsp3) is 0.379. The number of pyridine rings is 1. The maximum Gasteiger partial charge on any atom is 0.387 e. The molecule has 3 aromatic heterocycles. The summed E-state index contributed by atoms with van der Waals surface area (Å²) < 4.78 is 48.1. The number of anilines is 1. The van der Waals surface area contributed by atoms with E-state index in [9.17, 15) is 18.7 Å². The number of hydrogen-bond donors (Lipinski definition) is 1. The lowest BCUT2D eigenvalue weighted by Crippen LogP contribution is -2.45. The molecule has 0 amide bonds. The number of aromatic nitrogens is 4. The fourth-order valence-electron chi connectivity index (χ4n) is 7.00. The van der Waals surface area contributed by atoms with Gasteiger partial charge in [-0.15, -0.1) is 0 Å². The van der Waals surface area contributed by atoms with Crippen molar-refractivity contribution in [1.82, 2.24) is 19.4 Å². The first kappa shape index (κ1) is 24.9. The van der Waals surface area contributed by atoms with Gasteiger partial charge in [0.25, 0.3) is 0 Å². The Morgan fingerprint density at radius 1 is 1.07 bits per heavy atom. The number of aryl methyl sites for hydroxylation is 1. The van der Waals surface area contributed by atoms with Gasteiger partial charge in [-0.25, -0.2) is 19.3 Å². The molecule has 3 aliphatic rings. The molecule has 2 fully saturated rings. The zero-order valence-corrected chi connectivity index (χ0v) is 21.4. The summed E-state index contributed by atoms with van der Waals surface area (Å²) in [4.78, 5) is 27.3. The molecule has 1 unspecified atom stereocenters. The predicted molar refractivity (Wildman–Crippen MR) is 139 cm³/mol. The molecule has 2 aliphatic carbocycles. The van der Waals surface area contributed by atoms with Crippen molar-refractivity contribution in [2.75, 3.05) is 18.0 Å². The highest BCUT2D eigenvalue weighted by Gasteiger charge is 2.46. The van der Waals surface area contributed by atoms with Crippen LogP contribution in [0.15, 0.2) is 48.9 Å². The smallest absolute Gasteiger partial charge is 0.387 e. The Morgan fingerprint density at radius 3 is 2.50 bits per heavy atom. The van der Waals surface area contributed by atoms with Gasteiger partial charge in [0.1, 0.15) is 17.2 Å². The lowest BCUT2D eigenvalue weighted by molar-refractivity contribution is -0.144. The molecule has 1 aromatic carbocycles. The number of nitrogens with zero attached hydrogens (tertiary/aromatic N) is 5. The van der Waals surface area contributed by atoms with Gasteiger partial charge in [0.05, 0.1) is 17.3 Å². The first-order chi connectivity index (χ1) is 19.4. The highest BCUT2D eigenvalue weighted by Crippen LogP contribution is 2.44. The van der Waals surface area contributed by atoms with Gasteiger partial charge >= 0.3 is 12.6 Å². The van der Waals surface area contributed by atoms with Gasteiger partial charge in [-0.05, 0) is 43.6 Å². The number of alkyl halides is 2. The Balaban J connectivity index is 1.21. The molecule has 0 spiro atoms. The maximum atomic E-state index is 15.3. The summed E-state index contributed by atoms with van der Waals surface area (Å²) in [5, 5.41) is 9.58. The third-order valence-electron chi connectivity index (χ3n) is 8.68. The van der Waals surface area contributed by atoms with Crippen LogP contribution in [0.5, 0.6) is 5.75 Å². The second-order valence-corrected chi connectivity index (χ2v) is 10.9. The van der Waals surface area contributed by atoms with E-state index >= 15 is 4.39 Å². The van der Waals surface area contributed by atoms with Crippen molar-refractivity contribution in [1.29, 1.82) is 0 Å². The van der Waals surface area contributed by atoms with Crippen LogP contribution in [0.1, 0.15) is 42.1 Å². The molecule has 206 valence electrons. The van der Waals surface area contributed by atoms with Crippen LogP contribution in [0.3, 0.4) is 0 Å². The van der Waals surface area contributed by atoms with Crippen molar-refractivity contribution in [2.24, 2.45) is 17.8 Å². The van der Waals surface area contributed by atoms with E-state index in [4.69, 9.17) is 4.74 Å². The Morgan fingerprint density at radius 2 is 1.80 bits per heavy atom. The van der Waals surface area contributed by atoms with Gasteiger partial charge in [0.15, 0.2) is 0 Å². The first-order valence-electron chi connectivity index (χ1n) is 13.4. The zero-order valence-electron chi connectivity index (χ0n) is 21.4. The largest absolute Gasteiger partial charge is 0.481 e. The van der Waals surface area contributed by atoms with Crippen molar-refractivity contribution < 1.29 is 27.8 Å². The van der Waals surface area contributed by atoms with Crippen LogP contribution < -0.4 is 9.64 Å². The van der Waals surface area contributed by atoms with Crippen molar-refractivity contribution in [3.8, 4) is 16.9 Å². The van der Waals surface area contributed by atoms with Crippen LogP contribution in [0.25, 0.3) is 16.8 Å². The van der Waals surface area contributed by atoms with Gasteiger partial charge in [-0.2, -0.15) is 8.78 Å². The number of ether oxygens (including phenoxy) is 1. The third kappa shape index (κ3) is 4.06. The SMILES string of the molecule is O=C(O)C1[C@@H]2CC[C@H]1CN(c1ncc(-c3cn4c5c(nc4cc3F)CC[C@@H]5c3ccccc3OC(F)F)cn1)C2. The molecule has 1 N–H and O–H groups in total. The van der Waals surface area contributed by atoms with Gasteiger partial charge in [-0.1, -0.05) is 18.2 Å². The molecule has 11 heteroatoms. The second kappa shape index (κ2) is 9.50. The molecule has 1 saturated carbocycles. The number of carboxylic acids is 1. The van der Waals surface area contributed by atoms with E-state index < -0.39 is 18.4 Å².